The monoisotopic (exact) mass is 496 g/mol. The van der Waals surface area contributed by atoms with Gasteiger partial charge in [-0.05, 0) is 48.7 Å². The molecule has 5 rings (SSSR count). The molecule has 1 fully saturated rings. The number of hydrogen-bond donors (Lipinski definition) is 0. The molecule has 3 aromatic carbocycles. The van der Waals surface area contributed by atoms with Gasteiger partial charge in [-0.3, -0.25) is 4.79 Å². The third-order valence-corrected chi connectivity index (χ3v) is 7.10. The van der Waals surface area contributed by atoms with Crippen LogP contribution in [0.4, 0.5) is 5.82 Å². The number of carbonyl (C=O) groups excluding carboxylic acids is 1. The first-order valence-electron chi connectivity index (χ1n) is 12.3. The van der Waals surface area contributed by atoms with Crippen LogP contribution in [0.15, 0.2) is 78.9 Å². The summed E-state index contributed by atoms with van der Waals surface area (Å²) < 4.78 is 0. The lowest BCUT2D eigenvalue weighted by atomic mass is 10.0. The maximum atomic E-state index is 13.2. The predicted octanol–water partition coefficient (Wildman–Crippen LogP) is 5.97. The fourth-order valence-electron chi connectivity index (χ4n) is 4.76. The molecule has 36 heavy (non-hydrogen) atoms. The Morgan fingerprint density at radius 1 is 0.806 bits per heavy atom. The van der Waals surface area contributed by atoms with Crippen LogP contribution < -0.4 is 4.90 Å². The van der Waals surface area contributed by atoms with Gasteiger partial charge < -0.3 is 9.80 Å². The van der Waals surface area contributed by atoms with Crippen molar-refractivity contribution in [1.82, 2.24) is 14.9 Å². The van der Waals surface area contributed by atoms with Crippen molar-refractivity contribution in [1.29, 1.82) is 0 Å². The van der Waals surface area contributed by atoms with Gasteiger partial charge in [-0.15, -0.1) is 0 Å². The van der Waals surface area contributed by atoms with Crippen LogP contribution in [0.3, 0.4) is 0 Å². The Balaban J connectivity index is 1.30. The lowest BCUT2D eigenvalue weighted by Crippen LogP contribution is -2.49. The fraction of sp³-hybridized carbons (Fsp3) is 0.233. The van der Waals surface area contributed by atoms with E-state index in [0.29, 0.717) is 19.5 Å². The van der Waals surface area contributed by atoms with Crippen LogP contribution in [0.25, 0.3) is 11.1 Å². The molecule has 0 unspecified atom stereocenters. The summed E-state index contributed by atoms with van der Waals surface area (Å²) in [5.74, 6) is 1.77. The molecule has 1 aliphatic rings. The fourth-order valence-corrected chi connectivity index (χ4v) is 4.96. The zero-order valence-corrected chi connectivity index (χ0v) is 21.4. The minimum absolute atomic E-state index is 0.0700. The van der Waals surface area contributed by atoms with E-state index in [4.69, 9.17) is 16.6 Å². The standard InChI is InChI=1S/C30H29ClN4O/c1-21-27(20-26-10-6-7-11-28(26)31)29(33-22(2)32-21)34-16-18-35(19-17-34)30(36)25-14-12-24(13-15-25)23-8-4-3-5-9-23/h3-15H,16-20H2,1-2H3. The number of amides is 1. The number of hydrogen-bond acceptors (Lipinski definition) is 4. The Hall–Kier alpha value is -3.70. The third-order valence-electron chi connectivity index (χ3n) is 6.73. The number of carbonyl (C=O) groups is 1. The molecule has 0 N–H and O–H groups in total. The largest absolute Gasteiger partial charge is 0.353 e. The summed E-state index contributed by atoms with van der Waals surface area (Å²) in [5.41, 5.74) is 6.09. The molecule has 1 aliphatic heterocycles. The highest BCUT2D eigenvalue weighted by atomic mass is 35.5. The maximum absolute atomic E-state index is 13.2. The average molecular weight is 497 g/mol. The summed E-state index contributed by atoms with van der Waals surface area (Å²) in [6.07, 6.45) is 0.675. The Morgan fingerprint density at radius 3 is 2.14 bits per heavy atom. The highest BCUT2D eigenvalue weighted by molar-refractivity contribution is 6.31. The Kier molecular flexibility index (Phi) is 7.01. The molecule has 182 valence electrons. The van der Waals surface area contributed by atoms with Crippen LogP contribution in [0, 0.1) is 13.8 Å². The van der Waals surface area contributed by atoms with Gasteiger partial charge in [-0.25, -0.2) is 9.97 Å². The van der Waals surface area contributed by atoms with Crippen molar-refractivity contribution in [2.75, 3.05) is 31.1 Å². The second kappa shape index (κ2) is 10.5. The van der Waals surface area contributed by atoms with E-state index in [1.165, 1.54) is 0 Å². The van der Waals surface area contributed by atoms with Crippen LogP contribution in [0.5, 0.6) is 0 Å². The average Bonchev–Trinajstić information content (AvgIpc) is 2.91. The van der Waals surface area contributed by atoms with Gasteiger partial charge in [-0.2, -0.15) is 0 Å². The lowest BCUT2D eigenvalue weighted by Gasteiger charge is -2.36. The van der Waals surface area contributed by atoms with Crippen LogP contribution in [0.1, 0.15) is 33.0 Å². The summed E-state index contributed by atoms with van der Waals surface area (Å²) in [6.45, 7) is 6.69. The summed E-state index contributed by atoms with van der Waals surface area (Å²) in [4.78, 5) is 26.9. The molecule has 0 saturated carbocycles. The van der Waals surface area contributed by atoms with Gasteiger partial charge >= 0.3 is 0 Å². The van der Waals surface area contributed by atoms with Gasteiger partial charge in [-0.1, -0.05) is 72.3 Å². The molecule has 1 saturated heterocycles. The van der Waals surface area contributed by atoms with E-state index >= 15 is 0 Å². The molecule has 1 amide bonds. The Bertz CT molecular complexity index is 1360. The third kappa shape index (κ3) is 5.12. The predicted molar refractivity (Wildman–Crippen MR) is 146 cm³/mol. The minimum atomic E-state index is 0.0700. The van der Waals surface area contributed by atoms with Crippen LogP contribution in [-0.4, -0.2) is 47.0 Å². The molecular weight excluding hydrogens is 468 g/mol. The smallest absolute Gasteiger partial charge is 0.253 e. The van der Waals surface area contributed by atoms with Crippen molar-refractivity contribution in [2.45, 2.75) is 20.3 Å². The normalized spacial score (nSPS) is 13.6. The van der Waals surface area contributed by atoms with Gasteiger partial charge in [0.15, 0.2) is 0 Å². The number of aryl methyl sites for hydroxylation is 2. The van der Waals surface area contributed by atoms with Gasteiger partial charge in [0.25, 0.3) is 5.91 Å². The van der Waals surface area contributed by atoms with Gasteiger partial charge in [0.2, 0.25) is 0 Å². The SMILES string of the molecule is Cc1nc(C)c(Cc2ccccc2Cl)c(N2CCN(C(=O)c3ccc(-c4ccccc4)cc3)CC2)n1. The van der Waals surface area contributed by atoms with E-state index < -0.39 is 0 Å². The second-order valence-corrected chi connectivity index (χ2v) is 9.56. The number of aromatic nitrogens is 2. The first-order chi connectivity index (χ1) is 17.5. The van der Waals surface area contributed by atoms with E-state index in [0.717, 1.165) is 63.3 Å². The van der Waals surface area contributed by atoms with Crippen molar-refractivity contribution in [2.24, 2.45) is 0 Å². The molecule has 1 aromatic heterocycles. The van der Waals surface area contributed by atoms with Crippen LogP contribution >= 0.6 is 11.6 Å². The summed E-state index contributed by atoms with van der Waals surface area (Å²) in [6, 6.07) is 26.0. The topological polar surface area (TPSA) is 49.3 Å². The van der Waals surface area contributed by atoms with E-state index in [2.05, 4.69) is 22.0 Å². The summed E-state index contributed by atoms with van der Waals surface area (Å²) in [5, 5.41) is 0.747. The number of benzene rings is 3. The maximum Gasteiger partial charge on any atom is 0.253 e. The molecule has 0 radical (unpaired) electrons. The van der Waals surface area contributed by atoms with Gasteiger partial charge in [0.05, 0.1) is 0 Å². The molecule has 4 aromatic rings. The Morgan fingerprint density at radius 2 is 1.44 bits per heavy atom. The minimum Gasteiger partial charge on any atom is -0.353 e. The van der Waals surface area contributed by atoms with E-state index in [1.807, 2.05) is 85.5 Å². The highest BCUT2D eigenvalue weighted by Gasteiger charge is 2.25. The van der Waals surface area contributed by atoms with Crippen molar-refractivity contribution >= 4 is 23.3 Å². The van der Waals surface area contributed by atoms with Crippen LogP contribution in [0.2, 0.25) is 5.02 Å². The van der Waals surface area contributed by atoms with E-state index in [-0.39, 0.29) is 5.91 Å². The summed E-state index contributed by atoms with van der Waals surface area (Å²) in [7, 11) is 0. The first kappa shape index (κ1) is 24.0. The number of nitrogens with zero attached hydrogens (tertiary/aromatic N) is 4. The molecule has 2 heterocycles. The van der Waals surface area contributed by atoms with E-state index in [1.54, 1.807) is 0 Å². The quantitative estimate of drug-likeness (QED) is 0.341. The molecule has 0 atom stereocenters. The first-order valence-corrected chi connectivity index (χ1v) is 12.6. The van der Waals surface area contributed by atoms with E-state index in [9.17, 15) is 4.79 Å². The van der Waals surface area contributed by atoms with Gasteiger partial charge in [0, 0.05) is 54.4 Å². The van der Waals surface area contributed by atoms with Crippen molar-refractivity contribution in [3.8, 4) is 11.1 Å². The zero-order chi connectivity index (χ0) is 25.1. The zero-order valence-electron chi connectivity index (χ0n) is 20.6. The number of piperazine rings is 1. The highest BCUT2D eigenvalue weighted by Crippen LogP contribution is 2.28. The van der Waals surface area contributed by atoms with Crippen LogP contribution in [-0.2, 0) is 6.42 Å². The second-order valence-electron chi connectivity index (χ2n) is 9.15. The van der Waals surface area contributed by atoms with Crippen molar-refractivity contribution in [3.63, 3.8) is 0 Å². The molecule has 6 heteroatoms. The Labute approximate surface area is 217 Å². The molecule has 0 bridgehead atoms. The molecule has 0 aliphatic carbocycles. The molecular formula is C30H29ClN4O. The number of anilines is 1. The van der Waals surface area contributed by atoms with Crippen molar-refractivity contribution in [3.05, 3.63) is 112 Å². The lowest BCUT2D eigenvalue weighted by molar-refractivity contribution is 0.0746. The van der Waals surface area contributed by atoms with Crippen molar-refractivity contribution < 1.29 is 4.79 Å². The number of halogens is 1. The molecule has 5 nitrogen and oxygen atoms in total. The number of rotatable bonds is 5. The summed E-state index contributed by atoms with van der Waals surface area (Å²) >= 11 is 6.45. The van der Waals surface area contributed by atoms with Gasteiger partial charge in [0.1, 0.15) is 11.6 Å². The molecule has 0 spiro atoms.